The van der Waals surface area contributed by atoms with Crippen LogP contribution in [0, 0.1) is 11.6 Å². The Morgan fingerprint density at radius 3 is 2.19 bits per heavy atom. The Labute approximate surface area is 212 Å². The van der Waals surface area contributed by atoms with Gasteiger partial charge >= 0.3 is 0 Å². The van der Waals surface area contributed by atoms with Crippen molar-refractivity contribution >= 4 is 33.7 Å². The molecule has 0 aromatic heterocycles. The zero-order valence-corrected chi connectivity index (χ0v) is 20.4. The zero-order valence-electron chi connectivity index (χ0n) is 18.8. The maximum absolute atomic E-state index is 13.6. The predicted octanol–water partition coefficient (Wildman–Crippen LogP) is 4.62. The minimum atomic E-state index is -3.91. The molecular weight excluding hydrogens is 506 g/mol. The quantitative estimate of drug-likeness (QED) is 0.519. The molecule has 0 fully saturated rings. The van der Waals surface area contributed by atoms with Gasteiger partial charge in [0.15, 0.2) is 5.96 Å². The van der Waals surface area contributed by atoms with Crippen molar-refractivity contribution in [3.8, 4) is 0 Å². The zero-order chi connectivity index (χ0) is 25.4. The molecule has 2 aliphatic heterocycles. The molecule has 0 aliphatic carbocycles. The third-order valence-electron chi connectivity index (χ3n) is 6.04. The highest BCUT2D eigenvalue weighted by atomic mass is 35.5. The Bertz CT molecular complexity index is 1500. The van der Waals surface area contributed by atoms with Gasteiger partial charge in [0, 0.05) is 23.8 Å². The topological polar surface area (TPSA) is 87.8 Å². The Morgan fingerprint density at radius 2 is 1.56 bits per heavy atom. The molecule has 0 radical (unpaired) electrons. The van der Waals surface area contributed by atoms with Gasteiger partial charge in [-0.05, 0) is 76.9 Å². The van der Waals surface area contributed by atoms with Crippen LogP contribution in [-0.2, 0) is 10.0 Å². The fraction of sp³-hybridized carbons (Fsp3) is 0.115. The van der Waals surface area contributed by atoms with Crippen LogP contribution < -0.4 is 11.1 Å². The molecule has 36 heavy (non-hydrogen) atoms. The second-order valence-electron chi connectivity index (χ2n) is 8.44. The van der Waals surface area contributed by atoms with E-state index in [1.54, 1.807) is 30.3 Å². The normalized spacial score (nSPS) is 19.6. The summed E-state index contributed by atoms with van der Waals surface area (Å²) in [6.45, 7) is 0.0739. The number of nitrogens with one attached hydrogen (secondary N) is 1. The molecule has 1 unspecified atom stereocenters. The maximum atomic E-state index is 13.6. The van der Waals surface area contributed by atoms with E-state index in [1.165, 1.54) is 52.8 Å². The molecule has 0 bridgehead atoms. The van der Waals surface area contributed by atoms with E-state index in [-0.39, 0.29) is 29.8 Å². The second kappa shape index (κ2) is 9.50. The van der Waals surface area contributed by atoms with Crippen molar-refractivity contribution < 1.29 is 17.2 Å². The molecule has 3 aromatic carbocycles. The molecule has 5 rings (SSSR count). The fourth-order valence-corrected chi connectivity index (χ4v) is 5.81. The van der Waals surface area contributed by atoms with Gasteiger partial charge in [0.2, 0.25) is 10.0 Å². The lowest BCUT2D eigenvalue weighted by Crippen LogP contribution is -2.46. The molecule has 0 spiro atoms. The first-order chi connectivity index (χ1) is 17.2. The van der Waals surface area contributed by atoms with Crippen LogP contribution in [0.4, 0.5) is 8.78 Å². The van der Waals surface area contributed by atoms with Gasteiger partial charge in [-0.25, -0.2) is 22.2 Å². The van der Waals surface area contributed by atoms with Crippen LogP contribution in [-0.4, -0.2) is 31.8 Å². The van der Waals surface area contributed by atoms with Crippen molar-refractivity contribution in [2.75, 3.05) is 13.1 Å². The second-order valence-corrected chi connectivity index (χ2v) is 10.8. The maximum Gasteiger partial charge on any atom is 0.243 e. The van der Waals surface area contributed by atoms with Gasteiger partial charge in [-0.15, -0.1) is 0 Å². The number of hydrogen-bond acceptors (Lipinski definition) is 5. The molecule has 3 N–H and O–H groups in total. The van der Waals surface area contributed by atoms with Crippen LogP contribution in [0.3, 0.4) is 0 Å². The van der Waals surface area contributed by atoms with Crippen LogP contribution in [0.2, 0.25) is 5.02 Å². The lowest BCUT2D eigenvalue weighted by atomic mass is 9.90. The standard InChI is InChI=1S/C26H21ClF2N4O2S/c27-19-5-11-22(12-6-19)36(34,35)33-14-18(13-16-1-7-20(28)8-2-16)25-23(15-33)24(31-26(30)32-25)17-3-9-21(29)10-4-17/h1-13,24H,14-15H2,(H3,30,31,32)/b18-13+. The van der Waals surface area contributed by atoms with E-state index in [0.29, 0.717) is 33.0 Å². The summed E-state index contributed by atoms with van der Waals surface area (Å²) in [5.74, 6) is -0.621. The van der Waals surface area contributed by atoms with Crippen LogP contribution in [0.5, 0.6) is 0 Å². The lowest BCUT2D eigenvalue weighted by Gasteiger charge is -2.37. The molecule has 2 heterocycles. The van der Waals surface area contributed by atoms with Gasteiger partial charge in [-0.3, -0.25) is 0 Å². The number of guanidine groups is 1. The van der Waals surface area contributed by atoms with E-state index in [2.05, 4.69) is 10.3 Å². The van der Waals surface area contributed by atoms with Gasteiger partial charge in [-0.1, -0.05) is 35.9 Å². The minimum absolute atomic E-state index is 0.0346. The van der Waals surface area contributed by atoms with E-state index in [0.717, 1.165) is 0 Å². The average Bonchev–Trinajstić information content (AvgIpc) is 2.86. The lowest BCUT2D eigenvalue weighted by molar-refractivity contribution is 0.436. The van der Waals surface area contributed by atoms with E-state index in [4.69, 9.17) is 17.3 Å². The third kappa shape index (κ3) is 4.77. The van der Waals surface area contributed by atoms with Crippen molar-refractivity contribution in [2.24, 2.45) is 10.7 Å². The van der Waals surface area contributed by atoms with Gasteiger partial charge in [0.25, 0.3) is 0 Å². The summed E-state index contributed by atoms with van der Waals surface area (Å²) in [4.78, 5) is 4.61. The van der Waals surface area contributed by atoms with Crippen molar-refractivity contribution in [2.45, 2.75) is 10.9 Å². The van der Waals surface area contributed by atoms with Gasteiger partial charge < -0.3 is 11.1 Å². The minimum Gasteiger partial charge on any atom is -0.370 e. The molecule has 0 saturated heterocycles. The van der Waals surface area contributed by atoms with Gasteiger partial charge in [0.05, 0.1) is 4.90 Å². The number of nitrogens with zero attached hydrogens (tertiary/aromatic N) is 2. The summed E-state index contributed by atoms with van der Waals surface area (Å²) in [7, 11) is -3.91. The van der Waals surface area contributed by atoms with E-state index in [1.807, 2.05) is 0 Å². The molecule has 0 amide bonds. The molecule has 0 saturated carbocycles. The molecule has 184 valence electrons. The SMILES string of the molecule is NC1=NC(c2ccc(F)cc2)C2=C(N1)/C(=C/c1ccc(F)cc1)CN(S(=O)(=O)c1ccc(Cl)cc1)C2. The molecule has 3 aromatic rings. The first-order valence-electron chi connectivity index (χ1n) is 11.0. The molecule has 10 heteroatoms. The predicted molar refractivity (Wildman–Crippen MR) is 136 cm³/mol. The van der Waals surface area contributed by atoms with Crippen LogP contribution in [0.15, 0.2) is 99.5 Å². The summed E-state index contributed by atoms with van der Waals surface area (Å²) in [6, 6.07) is 17.0. The number of rotatable bonds is 4. The molecule has 6 nitrogen and oxygen atoms in total. The monoisotopic (exact) mass is 526 g/mol. The number of benzene rings is 3. The highest BCUT2D eigenvalue weighted by Gasteiger charge is 2.37. The number of aliphatic imine (C=N–C) groups is 1. The highest BCUT2D eigenvalue weighted by molar-refractivity contribution is 7.89. The Balaban J connectivity index is 1.64. The summed E-state index contributed by atoms with van der Waals surface area (Å²) in [6.07, 6.45) is 1.78. The van der Waals surface area contributed by atoms with E-state index in [9.17, 15) is 17.2 Å². The molecule has 1 atom stereocenters. The van der Waals surface area contributed by atoms with E-state index >= 15 is 0 Å². The van der Waals surface area contributed by atoms with Crippen molar-refractivity contribution in [3.63, 3.8) is 0 Å². The van der Waals surface area contributed by atoms with Crippen molar-refractivity contribution in [1.82, 2.24) is 9.62 Å². The van der Waals surface area contributed by atoms with Crippen molar-refractivity contribution in [1.29, 1.82) is 0 Å². The number of sulfonamides is 1. The van der Waals surface area contributed by atoms with E-state index < -0.39 is 21.9 Å². The largest absolute Gasteiger partial charge is 0.370 e. The third-order valence-corrected chi connectivity index (χ3v) is 8.09. The van der Waals surface area contributed by atoms with Crippen LogP contribution in [0.1, 0.15) is 17.2 Å². The summed E-state index contributed by atoms with van der Waals surface area (Å²) >= 11 is 5.96. The van der Waals surface area contributed by atoms with Gasteiger partial charge in [0.1, 0.15) is 17.7 Å². The van der Waals surface area contributed by atoms with Crippen molar-refractivity contribution in [3.05, 3.63) is 117 Å². The first kappa shape index (κ1) is 24.2. The number of nitrogens with two attached hydrogens (primary N) is 1. The number of halogens is 3. The highest BCUT2D eigenvalue weighted by Crippen LogP contribution is 2.38. The van der Waals surface area contributed by atoms with Crippen LogP contribution >= 0.6 is 11.6 Å². The summed E-state index contributed by atoms with van der Waals surface area (Å²) < 4.78 is 55.7. The summed E-state index contributed by atoms with van der Waals surface area (Å²) in [5, 5.41) is 3.51. The summed E-state index contributed by atoms with van der Waals surface area (Å²) in [5.41, 5.74) is 9.39. The Kier molecular flexibility index (Phi) is 6.38. The fourth-order valence-electron chi connectivity index (χ4n) is 4.29. The molecule has 2 aliphatic rings. The van der Waals surface area contributed by atoms with Gasteiger partial charge in [-0.2, -0.15) is 4.31 Å². The smallest absolute Gasteiger partial charge is 0.243 e. The first-order valence-corrected chi connectivity index (χ1v) is 12.8. The van der Waals surface area contributed by atoms with Crippen LogP contribution in [0.25, 0.3) is 6.08 Å². The molecular formula is C26H21ClF2N4O2S. The Morgan fingerprint density at radius 1 is 0.944 bits per heavy atom. The Hall–Kier alpha value is -3.53. The number of hydrogen-bond donors (Lipinski definition) is 2. The average molecular weight is 527 g/mol.